The number of H-pyrrole nitrogens is 1. The summed E-state index contributed by atoms with van der Waals surface area (Å²) < 4.78 is 0. The molecule has 0 aliphatic carbocycles. The van der Waals surface area contributed by atoms with E-state index in [0.717, 1.165) is 16.5 Å². The summed E-state index contributed by atoms with van der Waals surface area (Å²) in [6.07, 6.45) is 2.02. The smallest absolute Gasteiger partial charge is 0.242 e. The van der Waals surface area contributed by atoms with Gasteiger partial charge in [0.1, 0.15) is 5.54 Å². The fourth-order valence-corrected chi connectivity index (χ4v) is 1.91. The second-order valence-corrected chi connectivity index (χ2v) is 5.07. The molecule has 100 valence electrons. The van der Waals surface area contributed by atoms with E-state index in [1.54, 1.807) is 13.8 Å². The molecule has 2 amide bonds. The molecule has 4 N–H and O–H groups in total. The lowest BCUT2D eigenvalue weighted by Crippen LogP contribution is -2.53. The van der Waals surface area contributed by atoms with Crippen molar-refractivity contribution in [3.05, 3.63) is 36.0 Å². The van der Waals surface area contributed by atoms with Crippen LogP contribution in [0.2, 0.25) is 0 Å². The number of carbonyl (C=O) groups excluding carboxylic acids is 2. The molecule has 5 heteroatoms. The number of fused-ring (bicyclic) bond motifs is 1. The van der Waals surface area contributed by atoms with Crippen molar-refractivity contribution in [2.75, 3.05) is 0 Å². The van der Waals surface area contributed by atoms with E-state index in [0.29, 0.717) is 0 Å². The number of nitrogens with two attached hydrogens (primary N) is 1. The van der Waals surface area contributed by atoms with E-state index in [9.17, 15) is 9.59 Å². The first-order valence-corrected chi connectivity index (χ1v) is 6.06. The maximum Gasteiger partial charge on any atom is 0.242 e. The van der Waals surface area contributed by atoms with Crippen LogP contribution in [0.4, 0.5) is 0 Å². The van der Waals surface area contributed by atoms with Crippen molar-refractivity contribution in [3.8, 4) is 0 Å². The monoisotopic (exact) mass is 259 g/mol. The molecule has 1 aromatic heterocycles. The zero-order valence-electron chi connectivity index (χ0n) is 11.0. The summed E-state index contributed by atoms with van der Waals surface area (Å²) in [5.41, 5.74) is 6.07. The molecule has 0 radical (unpaired) electrons. The highest BCUT2D eigenvalue weighted by atomic mass is 16.2. The molecule has 0 aliphatic heterocycles. The highest BCUT2D eigenvalue weighted by Crippen LogP contribution is 2.18. The van der Waals surface area contributed by atoms with Crippen molar-refractivity contribution in [2.45, 2.75) is 25.8 Å². The van der Waals surface area contributed by atoms with E-state index in [-0.39, 0.29) is 12.3 Å². The number of aromatic amines is 1. The first-order valence-electron chi connectivity index (χ1n) is 6.06. The van der Waals surface area contributed by atoms with E-state index in [2.05, 4.69) is 10.3 Å². The topological polar surface area (TPSA) is 88.0 Å². The van der Waals surface area contributed by atoms with E-state index in [1.165, 1.54) is 0 Å². The fourth-order valence-electron chi connectivity index (χ4n) is 1.91. The molecule has 5 nitrogen and oxygen atoms in total. The lowest BCUT2D eigenvalue weighted by Gasteiger charge is -2.22. The first kappa shape index (κ1) is 13.1. The third kappa shape index (κ3) is 2.76. The molecule has 0 unspecified atom stereocenters. The molecular formula is C14H17N3O2. The molecule has 0 saturated heterocycles. The number of para-hydroxylation sites is 1. The standard InChI is InChI=1S/C14H17N3O2/c1-14(2,13(15)19)17-12(18)7-9-8-16-11-6-4-3-5-10(9)11/h3-6,8,16H,7H2,1-2H3,(H2,15,19)(H,17,18). The predicted octanol–water partition coefficient (Wildman–Crippen LogP) is 1.09. The Bertz CT molecular complexity index is 628. The summed E-state index contributed by atoms with van der Waals surface area (Å²) in [6.45, 7) is 3.17. The highest BCUT2D eigenvalue weighted by Gasteiger charge is 2.26. The van der Waals surface area contributed by atoms with Gasteiger partial charge in [-0.15, -0.1) is 0 Å². The molecule has 1 aromatic carbocycles. The van der Waals surface area contributed by atoms with Crippen molar-refractivity contribution < 1.29 is 9.59 Å². The minimum atomic E-state index is -1.04. The average molecular weight is 259 g/mol. The summed E-state index contributed by atoms with van der Waals surface area (Å²) in [7, 11) is 0. The molecular weight excluding hydrogens is 242 g/mol. The van der Waals surface area contributed by atoms with Gasteiger partial charge in [0.25, 0.3) is 0 Å². The van der Waals surface area contributed by atoms with Gasteiger partial charge in [0.05, 0.1) is 6.42 Å². The number of benzene rings is 1. The van der Waals surface area contributed by atoms with Gasteiger partial charge >= 0.3 is 0 Å². The van der Waals surface area contributed by atoms with Gasteiger partial charge in [0.15, 0.2) is 0 Å². The van der Waals surface area contributed by atoms with Crippen LogP contribution in [0.5, 0.6) is 0 Å². The Morgan fingerprint density at radius 3 is 2.68 bits per heavy atom. The fraction of sp³-hybridized carbons (Fsp3) is 0.286. The van der Waals surface area contributed by atoms with Gasteiger partial charge in [0, 0.05) is 17.1 Å². The van der Waals surface area contributed by atoms with Gasteiger partial charge in [0.2, 0.25) is 11.8 Å². The van der Waals surface area contributed by atoms with Crippen LogP contribution in [-0.2, 0) is 16.0 Å². The van der Waals surface area contributed by atoms with E-state index in [4.69, 9.17) is 5.73 Å². The summed E-state index contributed by atoms with van der Waals surface area (Å²) >= 11 is 0. The summed E-state index contributed by atoms with van der Waals surface area (Å²) in [6, 6.07) is 7.75. The number of amides is 2. The molecule has 19 heavy (non-hydrogen) atoms. The van der Waals surface area contributed by atoms with Gasteiger partial charge < -0.3 is 16.0 Å². The van der Waals surface area contributed by atoms with Crippen LogP contribution in [0.15, 0.2) is 30.5 Å². The van der Waals surface area contributed by atoms with Crippen LogP contribution in [0.3, 0.4) is 0 Å². The number of carbonyl (C=O) groups is 2. The Hall–Kier alpha value is -2.30. The minimum Gasteiger partial charge on any atom is -0.368 e. The van der Waals surface area contributed by atoms with Gasteiger partial charge in [-0.25, -0.2) is 0 Å². The van der Waals surface area contributed by atoms with Crippen LogP contribution in [0.1, 0.15) is 19.4 Å². The molecule has 2 rings (SSSR count). The second-order valence-electron chi connectivity index (χ2n) is 5.07. The van der Waals surface area contributed by atoms with E-state index >= 15 is 0 Å². The first-order chi connectivity index (χ1) is 8.90. The molecule has 0 fully saturated rings. The third-order valence-electron chi connectivity index (χ3n) is 3.09. The largest absolute Gasteiger partial charge is 0.368 e. The molecule has 0 aliphatic rings. The molecule has 2 aromatic rings. The van der Waals surface area contributed by atoms with Crippen molar-refractivity contribution in [1.82, 2.24) is 10.3 Å². The van der Waals surface area contributed by atoms with Crippen LogP contribution < -0.4 is 11.1 Å². The Balaban J connectivity index is 2.13. The zero-order valence-corrected chi connectivity index (χ0v) is 11.0. The molecule has 0 saturated carbocycles. The predicted molar refractivity (Wildman–Crippen MR) is 73.4 cm³/mol. The third-order valence-corrected chi connectivity index (χ3v) is 3.09. The van der Waals surface area contributed by atoms with Crippen LogP contribution in [0, 0.1) is 0 Å². The quantitative estimate of drug-likeness (QED) is 0.767. The van der Waals surface area contributed by atoms with Crippen LogP contribution >= 0.6 is 0 Å². The van der Waals surface area contributed by atoms with Crippen LogP contribution in [0.25, 0.3) is 10.9 Å². The SMILES string of the molecule is CC(C)(NC(=O)Cc1c[nH]c2ccccc12)C(N)=O. The van der Waals surface area contributed by atoms with Crippen molar-refractivity contribution >= 4 is 22.7 Å². The number of hydrogen-bond acceptors (Lipinski definition) is 2. The van der Waals surface area contributed by atoms with Crippen molar-refractivity contribution in [1.29, 1.82) is 0 Å². The average Bonchev–Trinajstić information content (AvgIpc) is 2.72. The van der Waals surface area contributed by atoms with Gasteiger partial charge in [-0.3, -0.25) is 9.59 Å². The van der Waals surface area contributed by atoms with Gasteiger partial charge in [-0.2, -0.15) is 0 Å². The Morgan fingerprint density at radius 1 is 1.32 bits per heavy atom. The number of nitrogens with one attached hydrogen (secondary N) is 2. The lowest BCUT2D eigenvalue weighted by molar-refractivity contribution is -0.130. The highest BCUT2D eigenvalue weighted by molar-refractivity contribution is 5.92. The Kier molecular flexibility index (Phi) is 3.29. The molecule has 0 atom stereocenters. The number of aromatic nitrogens is 1. The molecule has 0 spiro atoms. The summed E-state index contributed by atoms with van der Waals surface area (Å²) in [5, 5.41) is 3.64. The molecule has 1 heterocycles. The number of primary amides is 1. The zero-order chi connectivity index (χ0) is 14.0. The van der Waals surface area contributed by atoms with E-state index < -0.39 is 11.4 Å². The van der Waals surface area contributed by atoms with Crippen LogP contribution in [-0.4, -0.2) is 22.3 Å². The maximum atomic E-state index is 11.9. The second kappa shape index (κ2) is 4.76. The van der Waals surface area contributed by atoms with E-state index in [1.807, 2.05) is 30.5 Å². The Labute approximate surface area is 111 Å². The summed E-state index contributed by atoms with van der Waals surface area (Å²) in [4.78, 5) is 26.2. The Morgan fingerprint density at radius 2 is 2.00 bits per heavy atom. The van der Waals surface area contributed by atoms with Gasteiger partial charge in [-0.1, -0.05) is 18.2 Å². The van der Waals surface area contributed by atoms with Crippen molar-refractivity contribution in [2.24, 2.45) is 5.73 Å². The molecule has 0 bridgehead atoms. The minimum absolute atomic E-state index is 0.209. The van der Waals surface area contributed by atoms with Crippen molar-refractivity contribution in [3.63, 3.8) is 0 Å². The number of hydrogen-bond donors (Lipinski definition) is 3. The summed E-state index contributed by atoms with van der Waals surface area (Å²) in [5.74, 6) is -0.784. The normalized spacial score (nSPS) is 11.5. The maximum absolute atomic E-state index is 11.9. The lowest BCUT2D eigenvalue weighted by atomic mass is 10.0. The van der Waals surface area contributed by atoms with Gasteiger partial charge in [-0.05, 0) is 25.5 Å². The number of rotatable bonds is 4.